The van der Waals surface area contributed by atoms with Gasteiger partial charge in [-0.2, -0.15) is 9.97 Å². The van der Waals surface area contributed by atoms with Gasteiger partial charge in [-0.25, -0.2) is 0 Å². The maximum absolute atomic E-state index is 9.75. The summed E-state index contributed by atoms with van der Waals surface area (Å²) in [6.45, 7) is 3.73. The molecule has 1 aromatic carbocycles. The van der Waals surface area contributed by atoms with Gasteiger partial charge in [-0.1, -0.05) is 37.0 Å². The number of rotatable bonds is 6. The molecule has 3 N–H and O–H groups in total. The van der Waals surface area contributed by atoms with Crippen molar-refractivity contribution < 1.29 is 24.4 Å². The number of hydrogen-bond acceptors (Lipinski definition) is 7. The van der Waals surface area contributed by atoms with Crippen molar-refractivity contribution >= 4 is 36.8 Å². The molecular formula is C15H17Cl2N2O5P. The smallest absolute Gasteiger partial charge is 0.322 e. The van der Waals surface area contributed by atoms with Crippen LogP contribution < -0.4 is 9.47 Å². The summed E-state index contributed by atoms with van der Waals surface area (Å²) in [5.74, 6) is 0.277. The Kier molecular flexibility index (Phi) is 6.19. The highest BCUT2D eigenvalue weighted by molar-refractivity contribution is 7.62. The highest BCUT2D eigenvalue weighted by Crippen LogP contribution is 2.41. The van der Waals surface area contributed by atoms with E-state index in [0.717, 1.165) is 0 Å². The molecule has 0 amide bonds. The van der Waals surface area contributed by atoms with E-state index in [1.165, 1.54) is 18.3 Å². The lowest BCUT2D eigenvalue weighted by molar-refractivity contribution is 0.344. The van der Waals surface area contributed by atoms with Crippen molar-refractivity contribution in [1.82, 2.24) is 9.97 Å². The molecule has 0 saturated carbocycles. The zero-order chi connectivity index (χ0) is 18.8. The molecule has 2 rings (SSSR count). The summed E-state index contributed by atoms with van der Waals surface area (Å²) < 4.78 is 10.7. The van der Waals surface area contributed by atoms with E-state index in [4.69, 9.17) is 32.7 Å². The number of aromatic hydroxyl groups is 1. The Morgan fingerprint density at radius 2 is 1.84 bits per heavy atom. The third-order valence-corrected chi connectivity index (χ3v) is 4.03. The molecule has 10 heteroatoms. The fourth-order valence-electron chi connectivity index (χ4n) is 1.83. The highest BCUT2D eigenvalue weighted by Gasteiger charge is 2.16. The third kappa shape index (κ3) is 5.49. The van der Waals surface area contributed by atoms with Gasteiger partial charge in [0.2, 0.25) is 0 Å². The molecule has 136 valence electrons. The van der Waals surface area contributed by atoms with E-state index in [1.807, 2.05) is 13.8 Å². The van der Waals surface area contributed by atoms with Crippen LogP contribution in [-0.4, -0.2) is 37.5 Å². The van der Waals surface area contributed by atoms with Gasteiger partial charge in [0.1, 0.15) is 13.1 Å². The fraction of sp³-hybridized carbons (Fsp3) is 0.267. The van der Waals surface area contributed by atoms with Crippen molar-refractivity contribution in [2.75, 3.05) is 6.35 Å². The van der Waals surface area contributed by atoms with Crippen LogP contribution in [0, 0.1) is 0 Å². The highest BCUT2D eigenvalue weighted by atomic mass is 35.5. The summed E-state index contributed by atoms with van der Waals surface area (Å²) in [6, 6.07) is 2.79. The molecule has 0 spiro atoms. The van der Waals surface area contributed by atoms with Gasteiger partial charge in [-0.15, -0.1) is 0 Å². The molecule has 25 heavy (non-hydrogen) atoms. The van der Waals surface area contributed by atoms with Crippen molar-refractivity contribution in [2.24, 2.45) is 0 Å². The van der Waals surface area contributed by atoms with E-state index in [0.29, 0.717) is 5.69 Å². The summed E-state index contributed by atoms with van der Waals surface area (Å²) in [7, 11) is -3.33. The maximum Gasteiger partial charge on any atom is 0.322 e. The van der Waals surface area contributed by atoms with Crippen LogP contribution in [0.4, 0.5) is 0 Å². The number of ether oxygens (including phenoxy) is 2. The van der Waals surface area contributed by atoms with Gasteiger partial charge in [0.05, 0.1) is 21.9 Å². The van der Waals surface area contributed by atoms with E-state index in [1.54, 1.807) is 0 Å². The van der Waals surface area contributed by atoms with Gasteiger partial charge in [0.25, 0.3) is 0 Å². The van der Waals surface area contributed by atoms with Gasteiger partial charge in [-0.3, -0.25) is 0 Å². The van der Waals surface area contributed by atoms with Gasteiger partial charge in [0.15, 0.2) is 17.8 Å². The molecule has 0 unspecified atom stereocenters. The SMILES string of the molecule is C=P(O)(O)COc1cc(Cl)c(Oc2ncc(O)c(C(C)C)n2)c(Cl)c1. The molecule has 0 bridgehead atoms. The molecule has 0 saturated heterocycles. The van der Waals surface area contributed by atoms with Crippen LogP contribution in [-0.2, 0) is 0 Å². The van der Waals surface area contributed by atoms with Crippen molar-refractivity contribution in [3.05, 3.63) is 34.1 Å². The molecule has 1 aromatic heterocycles. The number of hydrogen-bond donors (Lipinski definition) is 3. The quantitative estimate of drug-likeness (QED) is 0.622. The Bertz CT molecular complexity index is 803. The van der Waals surface area contributed by atoms with E-state index < -0.39 is 7.34 Å². The van der Waals surface area contributed by atoms with Crippen LogP contribution in [0.5, 0.6) is 23.3 Å². The largest absolute Gasteiger partial charge is 0.504 e. The topological polar surface area (TPSA) is 105 Å². The summed E-state index contributed by atoms with van der Waals surface area (Å²) in [5, 5.41) is 9.99. The molecule has 0 aliphatic rings. The van der Waals surface area contributed by atoms with Crippen LogP contribution in [0.15, 0.2) is 18.3 Å². The zero-order valence-electron chi connectivity index (χ0n) is 13.5. The van der Waals surface area contributed by atoms with Crippen LogP contribution in [0.2, 0.25) is 10.0 Å². The van der Waals surface area contributed by atoms with Crippen LogP contribution in [0.25, 0.3) is 0 Å². The fourth-order valence-corrected chi connectivity index (χ4v) is 2.73. The predicted octanol–water partition coefficient (Wildman–Crippen LogP) is 4.01. The second kappa shape index (κ2) is 7.81. The Morgan fingerprint density at radius 1 is 1.24 bits per heavy atom. The molecule has 0 atom stereocenters. The maximum atomic E-state index is 9.75. The average molecular weight is 407 g/mol. The lowest BCUT2D eigenvalue weighted by Crippen LogP contribution is -2.00. The number of nitrogens with zero attached hydrogens (tertiary/aromatic N) is 2. The van der Waals surface area contributed by atoms with Crippen molar-refractivity contribution in [3.8, 4) is 23.3 Å². The summed E-state index contributed by atoms with van der Waals surface area (Å²) >= 11 is 12.3. The standard InChI is InChI=1S/C15H17Cl2N2O5P/c1-8(2)13-12(20)6-18-15(19-13)24-14-10(16)4-9(5-11(14)17)23-7-25(3,21)22/h4-6,8,20-22H,3,7H2,1-2H3. The molecule has 0 radical (unpaired) electrons. The zero-order valence-corrected chi connectivity index (χ0v) is 15.9. The van der Waals surface area contributed by atoms with Crippen LogP contribution in [0.1, 0.15) is 25.5 Å². The Hall–Kier alpha value is -1.50. The lowest BCUT2D eigenvalue weighted by Gasteiger charge is -2.14. The Balaban J connectivity index is 2.26. The summed E-state index contributed by atoms with van der Waals surface area (Å²) in [6.07, 6.45) is 4.07. The summed E-state index contributed by atoms with van der Waals surface area (Å²) in [5.41, 5.74) is 0.429. The monoisotopic (exact) mass is 406 g/mol. The van der Waals surface area contributed by atoms with Crippen molar-refractivity contribution in [1.29, 1.82) is 0 Å². The van der Waals surface area contributed by atoms with Crippen molar-refractivity contribution in [3.63, 3.8) is 0 Å². The molecule has 0 fully saturated rings. The molecule has 7 nitrogen and oxygen atoms in total. The lowest BCUT2D eigenvalue weighted by atomic mass is 10.1. The average Bonchev–Trinajstić information content (AvgIpc) is 2.49. The van der Waals surface area contributed by atoms with Gasteiger partial charge in [-0.05, 0) is 12.2 Å². The second-order valence-electron chi connectivity index (χ2n) is 5.55. The molecule has 0 aliphatic carbocycles. The van der Waals surface area contributed by atoms with E-state index in [-0.39, 0.29) is 45.6 Å². The predicted molar refractivity (Wildman–Crippen MR) is 98.3 cm³/mol. The normalized spacial score (nSPS) is 11.6. The number of halogens is 2. The van der Waals surface area contributed by atoms with Crippen LogP contribution in [0.3, 0.4) is 0 Å². The van der Waals surface area contributed by atoms with E-state index in [2.05, 4.69) is 16.3 Å². The molecular weight excluding hydrogens is 390 g/mol. The third-order valence-electron chi connectivity index (χ3n) is 2.93. The first-order chi connectivity index (χ1) is 11.6. The first-order valence-corrected chi connectivity index (χ1v) is 9.92. The van der Waals surface area contributed by atoms with Gasteiger partial charge >= 0.3 is 6.01 Å². The Labute approximate surface area is 154 Å². The van der Waals surface area contributed by atoms with Crippen molar-refractivity contribution in [2.45, 2.75) is 19.8 Å². The Morgan fingerprint density at radius 3 is 2.36 bits per heavy atom. The number of aromatic nitrogens is 2. The number of benzene rings is 1. The minimum atomic E-state index is -3.33. The van der Waals surface area contributed by atoms with Gasteiger partial charge < -0.3 is 24.4 Å². The molecule has 0 aliphatic heterocycles. The second-order valence-corrected chi connectivity index (χ2v) is 8.38. The van der Waals surface area contributed by atoms with E-state index in [9.17, 15) is 14.9 Å². The minimum Gasteiger partial charge on any atom is -0.504 e. The first kappa shape index (κ1) is 19.8. The molecule has 2 aromatic rings. The van der Waals surface area contributed by atoms with E-state index >= 15 is 0 Å². The summed E-state index contributed by atoms with van der Waals surface area (Å²) in [4.78, 5) is 26.6. The minimum absolute atomic E-state index is 0.0209. The van der Waals surface area contributed by atoms with Crippen LogP contribution >= 0.6 is 30.5 Å². The van der Waals surface area contributed by atoms with Gasteiger partial charge in [0, 0.05) is 12.1 Å². The first-order valence-electron chi connectivity index (χ1n) is 7.10. The molecule has 1 heterocycles.